The molecule has 6 heteroatoms. The highest BCUT2D eigenvalue weighted by atomic mass is 35.5. The van der Waals surface area contributed by atoms with Crippen LogP contribution in [0, 0.1) is 6.92 Å². The van der Waals surface area contributed by atoms with Gasteiger partial charge in [-0.3, -0.25) is 4.98 Å². The molecule has 4 aromatic rings. The van der Waals surface area contributed by atoms with Crippen molar-refractivity contribution in [3.8, 4) is 16.9 Å². The molecule has 1 N–H and O–H groups in total. The Bertz CT molecular complexity index is 1450. The molecule has 1 aliphatic heterocycles. The summed E-state index contributed by atoms with van der Waals surface area (Å²) in [5, 5.41) is 13.7. The summed E-state index contributed by atoms with van der Waals surface area (Å²) in [4.78, 5) is 17.3. The molecule has 0 radical (unpaired) electrons. The van der Waals surface area contributed by atoms with Gasteiger partial charge in [0.15, 0.2) is 6.10 Å². The highest BCUT2D eigenvalue weighted by Crippen LogP contribution is 2.45. The molecular formula is C28H28ClNO4. The molecule has 3 aromatic carbocycles. The Morgan fingerprint density at radius 2 is 2.00 bits per heavy atom. The molecule has 176 valence electrons. The predicted octanol–water partition coefficient (Wildman–Crippen LogP) is 7.14. The molecule has 0 amide bonds. The molecule has 5 rings (SSSR count). The van der Waals surface area contributed by atoms with Crippen molar-refractivity contribution in [3.05, 3.63) is 70.4 Å². The van der Waals surface area contributed by atoms with Gasteiger partial charge in [0.1, 0.15) is 5.75 Å². The third-order valence-corrected chi connectivity index (χ3v) is 6.38. The fourth-order valence-corrected chi connectivity index (χ4v) is 5.03. The lowest BCUT2D eigenvalue weighted by Gasteiger charge is -2.29. The first-order chi connectivity index (χ1) is 16.1. The number of carboxylic acid groups (broad SMARTS) is 1. The number of carbonyl (C=O) groups is 1. The number of ether oxygens (including phenoxy) is 2. The number of pyridine rings is 1. The summed E-state index contributed by atoms with van der Waals surface area (Å²) in [6, 6.07) is 13.6. The predicted molar refractivity (Wildman–Crippen MR) is 137 cm³/mol. The lowest BCUT2D eigenvalue weighted by atomic mass is 9.85. The average molecular weight is 478 g/mol. The van der Waals surface area contributed by atoms with Crippen LogP contribution in [0.1, 0.15) is 45.0 Å². The molecular weight excluding hydrogens is 450 g/mol. The number of fused-ring (bicyclic) bond motifs is 1. The van der Waals surface area contributed by atoms with Gasteiger partial charge in [-0.25, -0.2) is 4.79 Å². The second kappa shape index (κ2) is 8.26. The number of hydrogen-bond donors (Lipinski definition) is 1. The molecule has 1 aliphatic rings. The highest BCUT2D eigenvalue weighted by molar-refractivity contribution is 6.31. The first kappa shape index (κ1) is 22.6. The van der Waals surface area contributed by atoms with Crippen LogP contribution in [0.25, 0.3) is 32.8 Å². The quantitative estimate of drug-likeness (QED) is 0.338. The van der Waals surface area contributed by atoms with Gasteiger partial charge >= 0.3 is 5.97 Å². The number of carboxylic acids is 1. The van der Waals surface area contributed by atoms with Crippen molar-refractivity contribution in [2.24, 2.45) is 0 Å². The van der Waals surface area contributed by atoms with Crippen molar-refractivity contribution in [1.29, 1.82) is 0 Å². The van der Waals surface area contributed by atoms with Crippen molar-refractivity contribution in [2.45, 2.75) is 45.8 Å². The van der Waals surface area contributed by atoms with Gasteiger partial charge in [-0.1, -0.05) is 23.7 Å². The van der Waals surface area contributed by atoms with Crippen LogP contribution in [-0.4, -0.2) is 28.3 Å². The topological polar surface area (TPSA) is 68.7 Å². The van der Waals surface area contributed by atoms with E-state index in [1.165, 1.54) is 5.56 Å². The zero-order valence-corrected chi connectivity index (χ0v) is 20.4. The minimum atomic E-state index is -1.16. The van der Waals surface area contributed by atoms with Crippen LogP contribution in [0.4, 0.5) is 0 Å². The van der Waals surface area contributed by atoms with Crippen LogP contribution in [0.2, 0.25) is 5.02 Å². The van der Waals surface area contributed by atoms with E-state index in [2.05, 4.69) is 0 Å². The number of nitrogens with zero attached hydrogens (tertiary/aromatic N) is 1. The number of hydrogen-bond acceptors (Lipinski definition) is 4. The second-order valence-electron chi connectivity index (χ2n) is 9.70. The van der Waals surface area contributed by atoms with E-state index >= 15 is 0 Å². The molecule has 0 bridgehead atoms. The summed E-state index contributed by atoms with van der Waals surface area (Å²) in [7, 11) is 0. The van der Waals surface area contributed by atoms with E-state index in [4.69, 9.17) is 26.1 Å². The molecule has 0 saturated heterocycles. The number of aryl methyl sites for hydroxylation is 1. The molecule has 0 spiro atoms. The number of rotatable bonds is 4. The van der Waals surface area contributed by atoms with Crippen LogP contribution >= 0.6 is 11.6 Å². The average Bonchev–Trinajstić information content (AvgIpc) is 2.77. The summed E-state index contributed by atoms with van der Waals surface area (Å²) in [5.41, 5.74) is 4.39. The van der Waals surface area contributed by atoms with E-state index in [-0.39, 0.29) is 1.43 Å². The van der Waals surface area contributed by atoms with Crippen LogP contribution < -0.4 is 4.74 Å². The van der Waals surface area contributed by atoms with Gasteiger partial charge in [0, 0.05) is 35.6 Å². The van der Waals surface area contributed by atoms with Gasteiger partial charge in [-0.05, 0) is 85.5 Å². The van der Waals surface area contributed by atoms with E-state index in [9.17, 15) is 9.90 Å². The fraction of sp³-hybridized carbons (Fsp3) is 0.286. The Kier molecular flexibility index (Phi) is 5.50. The normalized spacial score (nSPS) is 14.3. The van der Waals surface area contributed by atoms with E-state index in [0.29, 0.717) is 17.2 Å². The van der Waals surface area contributed by atoms with Crippen LogP contribution in [0.3, 0.4) is 0 Å². The summed E-state index contributed by atoms with van der Waals surface area (Å²) in [5.74, 6) is -0.234. The number of halogens is 1. The summed E-state index contributed by atoms with van der Waals surface area (Å²) in [6.07, 6.45) is 1.46. The van der Waals surface area contributed by atoms with Gasteiger partial charge in [-0.15, -0.1) is 0 Å². The Morgan fingerprint density at radius 1 is 1.21 bits per heavy atom. The third kappa shape index (κ3) is 3.89. The van der Waals surface area contributed by atoms with Crippen molar-refractivity contribution in [3.63, 3.8) is 0 Å². The zero-order chi connectivity index (χ0) is 24.2. The Labute approximate surface area is 204 Å². The number of aromatic nitrogens is 1. The van der Waals surface area contributed by atoms with Gasteiger partial charge < -0.3 is 14.6 Å². The van der Waals surface area contributed by atoms with E-state index < -0.39 is 17.7 Å². The van der Waals surface area contributed by atoms with E-state index in [1.807, 2.05) is 76.4 Å². The third-order valence-electron chi connectivity index (χ3n) is 6.15. The van der Waals surface area contributed by atoms with Crippen molar-refractivity contribution in [1.82, 2.24) is 4.98 Å². The number of benzene rings is 3. The Hall–Kier alpha value is -3.15. The molecule has 2 heterocycles. The Balaban J connectivity index is 0.00000289. The molecule has 1 aromatic heterocycles. The van der Waals surface area contributed by atoms with E-state index in [1.54, 1.807) is 0 Å². The molecule has 1 atom stereocenters. The Morgan fingerprint density at radius 3 is 2.74 bits per heavy atom. The molecule has 0 aliphatic carbocycles. The molecule has 34 heavy (non-hydrogen) atoms. The SMILES string of the molecule is Cc1cc2cc(Cl)ccc2c(-c2ccc3c4c(ccnc24)CCO3)c1[C@@H](OC(C)(C)C)C(=O)O.[HH]. The summed E-state index contributed by atoms with van der Waals surface area (Å²) >= 11 is 6.32. The summed E-state index contributed by atoms with van der Waals surface area (Å²) < 4.78 is 12.0. The van der Waals surface area contributed by atoms with Crippen LogP contribution in [0.15, 0.2) is 48.7 Å². The van der Waals surface area contributed by atoms with Gasteiger partial charge in [0.2, 0.25) is 0 Å². The van der Waals surface area contributed by atoms with Crippen molar-refractivity contribution in [2.75, 3.05) is 6.61 Å². The van der Waals surface area contributed by atoms with Gasteiger partial charge in [0.25, 0.3) is 0 Å². The standard InChI is InChI=1S/C28H26ClNO4.H2/c1-15-13-17-14-18(29)5-6-19(17)24(22(15)26(27(31)32)34-28(2,3)4)20-7-8-21-23-16(10-12-33-21)9-11-30-25(20)23;/h5-9,11,13-14,26H,10,12H2,1-4H3,(H,31,32);1H/t26-;/m1./s1. The van der Waals surface area contributed by atoms with Crippen LogP contribution in [0.5, 0.6) is 5.75 Å². The zero-order valence-electron chi connectivity index (χ0n) is 19.6. The lowest BCUT2D eigenvalue weighted by molar-refractivity contribution is -0.160. The molecule has 0 unspecified atom stereocenters. The van der Waals surface area contributed by atoms with Gasteiger partial charge in [0.05, 0.1) is 17.7 Å². The molecule has 0 fully saturated rings. The second-order valence-corrected chi connectivity index (χ2v) is 10.1. The fourth-order valence-electron chi connectivity index (χ4n) is 4.85. The maximum atomic E-state index is 12.5. The maximum Gasteiger partial charge on any atom is 0.337 e. The monoisotopic (exact) mass is 477 g/mol. The lowest BCUT2D eigenvalue weighted by Crippen LogP contribution is -2.28. The van der Waals surface area contributed by atoms with Gasteiger partial charge in [-0.2, -0.15) is 0 Å². The largest absolute Gasteiger partial charge is 0.493 e. The number of aliphatic carboxylic acids is 1. The highest BCUT2D eigenvalue weighted by Gasteiger charge is 2.32. The molecule has 5 nitrogen and oxygen atoms in total. The van der Waals surface area contributed by atoms with Crippen molar-refractivity contribution >= 4 is 39.2 Å². The minimum Gasteiger partial charge on any atom is -0.493 e. The maximum absolute atomic E-state index is 12.5. The first-order valence-corrected chi connectivity index (χ1v) is 11.7. The smallest absolute Gasteiger partial charge is 0.337 e. The van der Waals surface area contributed by atoms with E-state index in [0.717, 1.165) is 50.5 Å². The molecule has 0 saturated carbocycles. The van der Waals surface area contributed by atoms with Crippen molar-refractivity contribution < 1.29 is 20.8 Å². The minimum absolute atomic E-state index is 0. The van der Waals surface area contributed by atoms with Crippen LogP contribution in [-0.2, 0) is 16.0 Å². The first-order valence-electron chi connectivity index (χ1n) is 11.3. The summed E-state index contributed by atoms with van der Waals surface area (Å²) in [6.45, 7) is 8.13.